The molecule has 3 rings (SSSR count). The summed E-state index contributed by atoms with van der Waals surface area (Å²) in [5.74, 6) is -0.109. The molecule has 1 aromatic heterocycles. The van der Waals surface area contributed by atoms with Gasteiger partial charge in [0, 0.05) is 5.56 Å². The van der Waals surface area contributed by atoms with Gasteiger partial charge in [-0.25, -0.2) is 0 Å². The van der Waals surface area contributed by atoms with Crippen molar-refractivity contribution in [2.75, 3.05) is 0 Å². The summed E-state index contributed by atoms with van der Waals surface area (Å²) in [5, 5.41) is 10.5. The van der Waals surface area contributed by atoms with Crippen LogP contribution in [0.2, 0.25) is 0 Å². The van der Waals surface area contributed by atoms with Crippen molar-refractivity contribution in [3.8, 4) is 17.1 Å². The zero-order chi connectivity index (χ0) is 14.3. The molecule has 3 heteroatoms. The van der Waals surface area contributed by atoms with Crippen LogP contribution in [0.4, 0.5) is 0 Å². The average molecular weight is 266 g/mol. The first kappa shape index (κ1) is 12.5. The predicted molar refractivity (Wildman–Crippen MR) is 79.1 cm³/mol. The Morgan fingerprint density at radius 2 is 1.80 bits per heavy atom. The first-order valence-corrected chi connectivity index (χ1v) is 6.40. The number of hydrogen-bond donors (Lipinski definition) is 1. The van der Waals surface area contributed by atoms with E-state index in [-0.39, 0.29) is 11.5 Å². The van der Waals surface area contributed by atoms with Crippen molar-refractivity contribution in [3.05, 3.63) is 63.8 Å². The molecule has 0 atom stereocenters. The molecule has 3 nitrogen and oxygen atoms in total. The van der Waals surface area contributed by atoms with Crippen molar-refractivity contribution in [1.29, 1.82) is 0 Å². The standard InChI is InChI=1S/C17H14O3/c1-10-7-8-12(11(2)9-10)17-16(19)15(18)13-5-3-4-6-14(13)20-17/h3-9,19H,1-2H3. The highest BCUT2D eigenvalue weighted by Crippen LogP contribution is 2.32. The van der Waals surface area contributed by atoms with E-state index in [0.717, 1.165) is 16.7 Å². The molecule has 2 aromatic carbocycles. The first-order chi connectivity index (χ1) is 9.58. The number of rotatable bonds is 1. The van der Waals surface area contributed by atoms with Crippen LogP contribution in [0.1, 0.15) is 11.1 Å². The zero-order valence-corrected chi connectivity index (χ0v) is 11.3. The Hall–Kier alpha value is -2.55. The lowest BCUT2D eigenvalue weighted by Gasteiger charge is -2.09. The molecule has 0 unspecified atom stereocenters. The van der Waals surface area contributed by atoms with E-state index in [4.69, 9.17) is 4.42 Å². The normalized spacial score (nSPS) is 10.9. The van der Waals surface area contributed by atoms with E-state index in [1.165, 1.54) is 0 Å². The van der Waals surface area contributed by atoms with Gasteiger partial charge in [0.05, 0.1) is 5.39 Å². The molecule has 0 saturated carbocycles. The molecular formula is C17H14O3. The monoisotopic (exact) mass is 266 g/mol. The van der Waals surface area contributed by atoms with E-state index in [1.807, 2.05) is 32.0 Å². The third-order valence-electron chi connectivity index (χ3n) is 3.40. The number of aryl methyl sites for hydroxylation is 2. The van der Waals surface area contributed by atoms with Gasteiger partial charge < -0.3 is 9.52 Å². The van der Waals surface area contributed by atoms with E-state index >= 15 is 0 Å². The van der Waals surface area contributed by atoms with Gasteiger partial charge in [-0.2, -0.15) is 0 Å². The van der Waals surface area contributed by atoms with Gasteiger partial charge in [0.2, 0.25) is 11.2 Å². The predicted octanol–water partition coefficient (Wildman–Crippen LogP) is 3.78. The van der Waals surface area contributed by atoms with Crippen LogP contribution in [0.25, 0.3) is 22.3 Å². The SMILES string of the molecule is Cc1ccc(-c2oc3ccccc3c(=O)c2O)c(C)c1. The van der Waals surface area contributed by atoms with Crippen molar-refractivity contribution in [1.82, 2.24) is 0 Å². The molecule has 0 spiro atoms. The average Bonchev–Trinajstić information content (AvgIpc) is 2.43. The van der Waals surface area contributed by atoms with E-state index in [1.54, 1.807) is 24.3 Å². The largest absolute Gasteiger partial charge is 0.502 e. The Morgan fingerprint density at radius 1 is 1.05 bits per heavy atom. The molecule has 0 aliphatic heterocycles. The molecule has 1 N–H and O–H groups in total. The zero-order valence-electron chi connectivity index (χ0n) is 11.3. The van der Waals surface area contributed by atoms with Gasteiger partial charge in [0.1, 0.15) is 5.58 Å². The molecule has 0 amide bonds. The molecular weight excluding hydrogens is 252 g/mol. The fourth-order valence-corrected chi connectivity index (χ4v) is 2.38. The molecule has 0 aliphatic rings. The molecule has 100 valence electrons. The van der Waals surface area contributed by atoms with Gasteiger partial charge in [0.15, 0.2) is 5.76 Å². The van der Waals surface area contributed by atoms with Crippen LogP contribution in [0, 0.1) is 13.8 Å². The summed E-state index contributed by atoms with van der Waals surface area (Å²) in [6.45, 7) is 3.92. The Bertz CT molecular complexity index is 860. The summed E-state index contributed by atoms with van der Waals surface area (Å²) in [6.07, 6.45) is 0. The quantitative estimate of drug-likeness (QED) is 0.729. The minimum absolute atomic E-state index is 0.228. The fraction of sp³-hybridized carbons (Fsp3) is 0.118. The van der Waals surface area contributed by atoms with Gasteiger partial charge in [-0.15, -0.1) is 0 Å². The Labute approximate surface area is 116 Å². The van der Waals surface area contributed by atoms with Gasteiger partial charge in [-0.1, -0.05) is 35.9 Å². The van der Waals surface area contributed by atoms with Crippen molar-refractivity contribution < 1.29 is 9.52 Å². The van der Waals surface area contributed by atoms with Gasteiger partial charge in [-0.3, -0.25) is 4.79 Å². The van der Waals surface area contributed by atoms with Crippen molar-refractivity contribution in [2.45, 2.75) is 13.8 Å². The Balaban J connectivity index is 2.37. The molecule has 0 radical (unpaired) electrons. The summed E-state index contributed by atoms with van der Waals surface area (Å²) >= 11 is 0. The van der Waals surface area contributed by atoms with Gasteiger partial charge in [0.25, 0.3) is 0 Å². The maximum absolute atomic E-state index is 12.2. The number of para-hydroxylation sites is 1. The summed E-state index contributed by atoms with van der Waals surface area (Å²) in [7, 11) is 0. The Kier molecular flexibility index (Phi) is 2.83. The van der Waals surface area contributed by atoms with Crippen molar-refractivity contribution >= 4 is 11.0 Å². The summed E-state index contributed by atoms with van der Waals surface area (Å²) < 4.78 is 5.73. The molecule has 0 fully saturated rings. The number of aromatic hydroxyl groups is 1. The number of hydrogen-bond acceptors (Lipinski definition) is 3. The number of benzene rings is 2. The third kappa shape index (κ3) is 1.88. The van der Waals surface area contributed by atoms with E-state index < -0.39 is 5.43 Å². The second-order valence-corrected chi connectivity index (χ2v) is 4.92. The van der Waals surface area contributed by atoms with E-state index in [2.05, 4.69) is 0 Å². The van der Waals surface area contributed by atoms with Crippen LogP contribution in [0.5, 0.6) is 5.75 Å². The molecule has 0 saturated heterocycles. The van der Waals surface area contributed by atoms with Gasteiger partial charge in [-0.05, 0) is 31.5 Å². The van der Waals surface area contributed by atoms with Crippen LogP contribution in [-0.4, -0.2) is 5.11 Å². The fourth-order valence-electron chi connectivity index (χ4n) is 2.38. The summed E-state index contributed by atoms with van der Waals surface area (Å²) in [5.41, 5.74) is 2.88. The molecule has 0 aliphatic carbocycles. The highest BCUT2D eigenvalue weighted by molar-refractivity contribution is 5.82. The first-order valence-electron chi connectivity index (χ1n) is 6.40. The molecule has 3 aromatic rings. The van der Waals surface area contributed by atoms with Crippen LogP contribution in [0.15, 0.2) is 51.7 Å². The Morgan fingerprint density at radius 3 is 2.55 bits per heavy atom. The van der Waals surface area contributed by atoms with Gasteiger partial charge >= 0.3 is 0 Å². The smallest absolute Gasteiger partial charge is 0.235 e. The molecule has 1 heterocycles. The van der Waals surface area contributed by atoms with Crippen LogP contribution in [-0.2, 0) is 0 Å². The second-order valence-electron chi connectivity index (χ2n) is 4.92. The van der Waals surface area contributed by atoms with Crippen LogP contribution >= 0.6 is 0 Å². The number of fused-ring (bicyclic) bond motifs is 1. The second kappa shape index (κ2) is 4.53. The van der Waals surface area contributed by atoms with Crippen molar-refractivity contribution in [3.63, 3.8) is 0 Å². The molecule has 20 heavy (non-hydrogen) atoms. The highest BCUT2D eigenvalue weighted by Gasteiger charge is 2.16. The topological polar surface area (TPSA) is 50.4 Å². The summed E-state index contributed by atoms with van der Waals surface area (Å²) in [6, 6.07) is 12.7. The van der Waals surface area contributed by atoms with E-state index in [0.29, 0.717) is 11.0 Å². The maximum atomic E-state index is 12.2. The van der Waals surface area contributed by atoms with Crippen LogP contribution in [0.3, 0.4) is 0 Å². The third-order valence-corrected chi connectivity index (χ3v) is 3.40. The lowest BCUT2D eigenvalue weighted by Crippen LogP contribution is -2.02. The lowest BCUT2D eigenvalue weighted by atomic mass is 10.0. The van der Waals surface area contributed by atoms with Crippen molar-refractivity contribution in [2.24, 2.45) is 0 Å². The minimum atomic E-state index is -0.401. The van der Waals surface area contributed by atoms with Crippen LogP contribution < -0.4 is 5.43 Å². The molecule has 0 bridgehead atoms. The van der Waals surface area contributed by atoms with E-state index in [9.17, 15) is 9.90 Å². The highest BCUT2D eigenvalue weighted by atomic mass is 16.4. The maximum Gasteiger partial charge on any atom is 0.235 e. The minimum Gasteiger partial charge on any atom is -0.502 e. The summed E-state index contributed by atoms with van der Waals surface area (Å²) in [4.78, 5) is 12.2. The lowest BCUT2D eigenvalue weighted by molar-refractivity contribution is 0.449.